The molecule has 1 heterocycles. The van der Waals surface area contributed by atoms with E-state index in [1.807, 2.05) is 0 Å². The summed E-state index contributed by atoms with van der Waals surface area (Å²) in [5, 5.41) is 33.4. The number of hydrogen-bond acceptors (Lipinski definition) is 6. The molecule has 1 saturated heterocycles. The Hall–Kier alpha value is -0.210. The van der Waals surface area contributed by atoms with Gasteiger partial charge in [0.15, 0.2) is 0 Å². The Morgan fingerprint density at radius 2 is 1.91 bits per heavy atom. The minimum Gasteiger partial charge on any atom is -0.393 e. The molecular formula is C27H43NO4S2. The van der Waals surface area contributed by atoms with Gasteiger partial charge in [-0.25, -0.2) is 0 Å². The Morgan fingerprint density at radius 1 is 1.15 bits per heavy atom. The first-order valence-corrected chi connectivity index (χ1v) is 15.0. The third-order valence-corrected chi connectivity index (χ3v) is 12.8. The second kappa shape index (κ2) is 9.27. The Kier molecular flexibility index (Phi) is 6.94. The highest BCUT2D eigenvalue weighted by molar-refractivity contribution is 8.23. The molecule has 5 aliphatic rings. The lowest BCUT2D eigenvalue weighted by Gasteiger charge is -2.63. The number of rotatable bonds is 4. The average molecular weight is 510 g/mol. The first-order chi connectivity index (χ1) is 16.1. The highest BCUT2D eigenvalue weighted by atomic mass is 32.2. The molecule has 0 aromatic carbocycles. The van der Waals surface area contributed by atoms with E-state index in [0.29, 0.717) is 40.3 Å². The molecule has 0 aromatic heterocycles. The molecule has 7 heteroatoms. The summed E-state index contributed by atoms with van der Waals surface area (Å²) in [5.41, 5.74) is -0.103. The number of thiocarbonyl (C=S) groups is 1. The monoisotopic (exact) mass is 509 g/mol. The summed E-state index contributed by atoms with van der Waals surface area (Å²) in [5.74, 6) is 3.00. The van der Waals surface area contributed by atoms with Crippen LogP contribution in [0.4, 0.5) is 0 Å². The van der Waals surface area contributed by atoms with Gasteiger partial charge in [0.1, 0.15) is 4.32 Å². The summed E-state index contributed by atoms with van der Waals surface area (Å²) in [6.07, 6.45) is 6.72. The molecule has 0 aromatic rings. The number of thioether (sulfide) groups is 1. The van der Waals surface area contributed by atoms with Crippen molar-refractivity contribution in [1.82, 2.24) is 4.90 Å². The van der Waals surface area contributed by atoms with Crippen molar-refractivity contribution in [3.05, 3.63) is 0 Å². The summed E-state index contributed by atoms with van der Waals surface area (Å²) in [6, 6.07) is 0. The molecule has 192 valence electrons. The molecular weight excluding hydrogens is 466 g/mol. The molecule has 5 rings (SSSR count). The van der Waals surface area contributed by atoms with Gasteiger partial charge >= 0.3 is 0 Å². The smallest absolute Gasteiger partial charge is 0.228 e. The van der Waals surface area contributed by atoms with Crippen molar-refractivity contribution in [2.75, 3.05) is 12.3 Å². The number of amides is 1. The number of carbonyl (C=O) groups is 1. The van der Waals surface area contributed by atoms with Crippen molar-refractivity contribution in [1.29, 1.82) is 0 Å². The number of hydrogen-bond donors (Lipinski definition) is 3. The van der Waals surface area contributed by atoms with Crippen LogP contribution >= 0.6 is 24.0 Å². The molecule has 4 aliphatic carbocycles. The van der Waals surface area contributed by atoms with Gasteiger partial charge < -0.3 is 15.3 Å². The van der Waals surface area contributed by atoms with E-state index >= 15 is 0 Å². The summed E-state index contributed by atoms with van der Waals surface area (Å²) in [4.78, 5) is 14.5. The summed E-state index contributed by atoms with van der Waals surface area (Å²) in [7, 11) is 0. The molecule has 11 atom stereocenters. The van der Waals surface area contributed by atoms with Crippen molar-refractivity contribution >= 4 is 34.2 Å². The lowest BCUT2D eigenvalue weighted by atomic mass is 9.43. The van der Waals surface area contributed by atoms with Crippen LogP contribution in [0.25, 0.3) is 0 Å². The maximum absolute atomic E-state index is 12.8. The minimum absolute atomic E-state index is 0.105. The van der Waals surface area contributed by atoms with Gasteiger partial charge in [0, 0.05) is 18.7 Å². The first-order valence-electron chi connectivity index (χ1n) is 13.6. The number of carbonyl (C=O) groups excluding carboxylic acids is 1. The predicted octanol–water partition coefficient (Wildman–Crippen LogP) is 4.22. The van der Waals surface area contributed by atoms with Crippen LogP contribution in [0.3, 0.4) is 0 Å². The zero-order chi connectivity index (χ0) is 24.4. The van der Waals surface area contributed by atoms with E-state index in [0.717, 1.165) is 63.7 Å². The van der Waals surface area contributed by atoms with Gasteiger partial charge in [-0.1, -0.05) is 44.8 Å². The third kappa shape index (κ3) is 3.91. The van der Waals surface area contributed by atoms with Crippen molar-refractivity contribution in [3.63, 3.8) is 0 Å². The van der Waals surface area contributed by atoms with E-state index < -0.39 is 0 Å². The maximum Gasteiger partial charge on any atom is 0.228 e. The zero-order valence-electron chi connectivity index (χ0n) is 21.0. The molecule has 6 unspecified atom stereocenters. The Labute approximate surface area is 214 Å². The Bertz CT molecular complexity index is 824. The molecule has 1 amide bonds. The fourth-order valence-corrected chi connectivity index (χ4v) is 10.7. The van der Waals surface area contributed by atoms with E-state index in [-0.39, 0.29) is 41.0 Å². The predicted molar refractivity (Wildman–Crippen MR) is 139 cm³/mol. The van der Waals surface area contributed by atoms with Crippen LogP contribution in [0.15, 0.2) is 0 Å². The molecule has 5 nitrogen and oxygen atoms in total. The third-order valence-electron chi connectivity index (χ3n) is 11.4. The topological polar surface area (TPSA) is 81.0 Å². The molecule has 0 bridgehead atoms. The molecule has 34 heavy (non-hydrogen) atoms. The van der Waals surface area contributed by atoms with Crippen LogP contribution in [0.2, 0.25) is 0 Å². The SMILES string of the molecule is CC(CCC(=O)N1CCSC1=S)[C@H]1CCC2C3C(C[C@H](O)[C@@]21C)[C@@]1(C)CCC(O)CC1C[C@H]3O. The van der Waals surface area contributed by atoms with Crippen LogP contribution in [-0.4, -0.2) is 61.1 Å². The van der Waals surface area contributed by atoms with Crippen LogP contribution < -0.4 is 0 Å². The van der Waals surface area contributed by atoms with Crippen molar-refractivity contribution in [2.45, 2.75) is 96.9 Å². The van der Waals surface area contributed by atoms with E-state index in [2.05, 4.69) is 20.8 Å². The number of fused-ring (bicyclic) bond motifs is 5. The highest BCUT2D eigenvalue weighted by Gasteiger charge is 2.65. The number of aliphatic hydroxyl groups is 3. The van der Waals surface area contributed by atoms with Crippen LogP contribution in [-0.2, 0) is 4.79 Å². The standard InChI is InChI=1S/C27H43NO4S2/c1-15(4-7-23(32)28-10-11-34-25(28)33)18-5-6-19-24-20(14-22(31)27(18,19)3)26(2)9-8-17(29)12-16(26)13-21(24)30/h15-22,24,29-31H,4-14H2,1-3H3/t15?,16?,17?,18-,19?,20?,21-,22+,24?,26+,27-/m1/s1. The Morgan fingerprint density at radius 3 is 2.62 bits per heavy atom. The lowest BCUT2D eigenvalue weighted by molar-refractivity contribution is -0.207. The van der Waals surface area contributed by atoms with Crippen LogP contribution in [0.1, 0.15) is 78.6 Å². The molecule has 0 radical (unpaired) electrons. The van der Waals surface area contributed by atoms with Gasteiger partial charge in [-0.2, -0.15) is 0 Å². The van der Waals surface area contributed by atoms with Gasteiger partial charge in [-0.3, -0.25) is 9.69 Å². The van der Waals surface area contributed by atoms with Gasteiger partial charge in [0.2, 0.25) is 5.91 Å². The lowest BCUT2D eigenvalue weighted by Crippen LogP contribution is -2.62. The van der Waals surface area contributed by atoms with Gasteiger partial charge in [-0.05, 0) is 97.7 Å². The number of aliphatic hydroxyl groups excluding tert-OH is 3. The molecule has 4 saturated carbocycles. The van der Waals surface area contributed by atoms with E-state index in [1.165, 1.54) is 0 Å². The fraction of sp³-hybridized carbons (Fsp3) is 0.926. The van der Waals surface area contributed by atoms with Crippen LogP contribution in [0, 0.1) is 46.3 Å². The second-order valence-corrected chi connectivity index (χ2v) is 14.4. The number of nitrogens with zero attached hydrogens (tertiary/aromatic N) is 1. The summed E-state index contributed by atoms with van der Waals surface area (Å²) < 4.78 is 0.715. The largest absolute Gasteiger partial charge is 0.393 e. The second-order valence-electron chi connectivity index (χ2n) is 12.7. The fourth-order valence-electron chi connectivity index (χ4n) is 9.44. The van der Waals surface area contributed by atoms with E-state index in [1.54, 1.807) is 16.7 Å². The van der Waals surface area contributed by atoms with Gasteiger partial charge in [0.25, 0.3) is 0 Å². The van der Waals surface area contributed by atoms with Gasteiger partial charge in [-0.15, -0.1) is 0 Å². The van der Waals surface area contributed by atoms with E-state index in [4.69, 9.17) is 12.2 Å². The summed E-state index contributed by atoms with van der Waals surface area (Å²) >= 11 is 6.92. The quantitative estimate of drug-likeness (QED) is 0.492. The minimum atomic E-state index is -0.374. The first kappa shape index (κ1) is 25.4. The van der Waals surface area contributed by atoms with Gasteiger partial charge in [0.05, 0.1) is 18.3 Å². The molecule has 0 spiro atoms. The molecule has 5 fully saturated rings. The zero-order valence-corrected chi connectivity index (χ0v) is 22.6. The van der Waals surface area contributed by atoms with Crippen molar-refractivity contribution in [3.8, 4) is 0 Å². The average Bonchev–Trinajstić information content (AvgIpc) is 3.37. The van der Waals surface area contributed by atoms with Crippen LogP contribution in [0.5, 0.6) is 0 Å². The van der Waals surface area contributed by atoms with Crippen molar-refractivity contribution in [2.24, 2.45) is 46.3 Å². The van der Waals surface area contributed by atoms with E-state index in [9.17, 15) is 20.1 Å². The normalized spacial score (nSPS) is 49.4. The van der Waals surface area contributed by atoms with Crippen molar-refractivity contribution < 1.29 is 20.1 Å². The summed E-state index contributed by atoms with van der Waals surface area (Å²) in [6.45, 7) is 7.66. The molecule has 3 N–H and O–H groups in total. The molecule has 1 aliphatic heterocycles. The highest BCUT2D eigenvalue weighted by Crippen LogP contribution is 2.68. The Balaban J connectivity index is 1.32. The maximum atomic E-state index is 12.8.